The van der Waals surface area contributed by atoms with E-state index in [2.05, 4.69) is 50.2 Å². The van der Waals surface area contributed by atoms with E-state index in [4.69, 9.17) is 4.98 Å². The second kappa shape index (κ2) is 15.8. The molecular weight excluding hydrogens is 693 g/mol. The van der Waals surface area contributed by atoms with Crippen LogP contribution in [-0.4, -0.2) is 127 Å². The topological polar surface area (TPSA) is 136 Å². The molecule has 0 aliphatic carbocycles. The van der Waals surface area contributed by atoms with Gasteiger partial charge < -0.3 is 25.1 Å². The zero-order chi connectivity index (χ0) is 37.9. The molecule has 2 aliphatic heterocycles. The Morgan fingerprint density at radius 2 is 1.16 bits per heavy atom. The predicted molar refractivity (Wildman–Crippen MR) is 216 cm³/mol. The highest BCUT2D eigenvalue weighted by molar-refractivity contribution is 6.05. The standard InChI is InChI=1S/C21H21N5O.C15H9N3O2.C6H14N2/c1-24-8-4-9-25(12-11-24)21(27)17-14-16-13-15-5-2-3-6-18(15)23-19(16)26-10-7-22-20(17)26;19-15(20)11-8-10-7-9-3-1-2-4-12(9)17-13(10)18-6-5-16-14(11)18;1-8-5-2-3-7-4-6-8/h2-3,5-7,10,13-14H,4,8-9,11-12H2,1H3;1-8H,(H,19,20);7H,2-6H2,1H3. The van der Waals surface area contributed by atoms with Crippen LogP contribution in [0, 0.1) is 0 Å². The summed E-state index contributed by atoms with van der Waals surface area (Å²) in [5, 5.41) is 16.4. The fourth-order valence-electron chi connectivity index (χ4n) is 7.35. The zero-order valence-corrected chi connectivity index (χ0v) is 31.1. The Balaban J connectivity index is 0.000000133. The molecule has 8 aromatic rings. The van der Waals surface area contributed by atoms with Gasteiger partial charge in [0.2, 0.25) is 0 Å². The number of amides is 1. The number of rotatable bonds is 2. The number of carbonyl (C=O) groups is 2. The molecule has 0 atom stereocenters. The summed E-state index contributed by atoms with van der Waals surface area (Å²) in [4.78, 5) is 49.2. The Morgan fingerprint density at radius 1 is 0.600 bits per heavy atom. The van der Waals surface area contributed by atoms with Crippen molar-refractivity contribution in [2.75, 3.05) is 66.5 Å². The number of carboxylic acids is 1. The van der Waals surface area contributed by atoms with E-state index >= 15 is 0 Å². The van der Waals surface area contributed by atoms with E-state index in [-0.39, 0.29) is 11.5 Å². The number of carbonyl (C=O) groups excluding carboxylic acids is 1. The lowest BCUT2D eigenvalue weighted by molar-refractivity contribution is 0.0697. The van der Waals surface area contributed by atoms with Crippen LogP contribution in [-0.2, 0) is 0 Å². The molecule has 0 spiro atoms. The minimum Gasteiger partial charge on any atom is -0.478 e. The van der Waals surface area contributed by atoms with Gasteiger partial charge in [0.05, 0.1) is 16.6 Å². The Hall–Kier alpha value is -6.02. The molecule has 280 valence electrons. The Bertz CT molecular complexity index is 2660. The van der Waals surface area contributed by atoms with E-state index in [0.717, 1.165) is 77.4 Å². The van der Waals surface area contributed by atoms with Gasteiger partial charge in [-0.2, -0.15) is 0 Å². The van der Waals surface area contributed by atoms with Gasteiger partial charge in [0, 0.05) is 79.1 Å². The number of aromatic nitrogens is 6. The molecule has 0 radical (unpaired) electrons. The number of nitrogens with zero attached hydrogens (tertiary/aromatic N) is 9. The first-order chi connectivity index (χ1) is 26.8. The molecule has 55 heavy (non-hydrogen) atoms. The Kier molecular flexibility index (Phi) is 10.3. The molecule has 13 nitrogen and oxygen atoms in total. The van der Waals surface area contributed by atoms with Gasteiger partial charge in [-0.25, -0.2) is 24.7 Å². The zero-order valence-electron chi connectivity index (χ0n) is 31.1. The van der Waals surface area contributed by atoms with E-state index in [0.29, 0.717) is 22.5 Å². The van der Waals surface area contributed by atoms with Gasteiger partial charge in [0.15, 0.2) is 11.3 Å². The average Bonchev–Trinajstić information content (AvgIpc) is 3.78. The first kappa shape index (κ1) is 36.0. The Morgan fingerprint density at radius 3 is 1.80 bits per heavy atom. The van der Waals surface area contributed by atoms with Crippen molar-refractivity contribution in [3.05, 3.63) is 109 Å². The van der Waals surface area contributed by atoms with Crippen LogP contribution in [0.25, 0.3) is 55.2 Å². The summed E-state index contributed by atoms with van der Waals surface area (Å²) in [5.41, 5.74) is 5.26. The smallest absolute Gasteiger partial charge is 0.339 e. The number of hydrogen-bond donors (Lipinski definition) is 2. The van der Waals surface area contributed by atoms with Gasteiger partial charge >= 0.3 is 5.97 Å². The lowest BCUT2D eigenvalue weighted by atomic mass is 10.1. The number of fused-ring (bicyclic) bond motifs is 8. The van der Waals surface area contributed by atoms with Crippen LogP contribution in [0.15, 0.2) is 97.6 Å². The number of imidazole rings is 2. The van der Waals surface area contributed by atoms with Crippen molar-refractivity contribution < 1.29 is 14.7 Å². The van der Waals surface area contributed by atoms with Crippen LogP contribution >= 0.6 is 0 Å². The number of nitrogens with one attached hydrogen (secondary N) is 1. The molecule has 10 rings (SSSR count). The van der Waals surface area contributed by atoms with Crippen molar-refractivity contribution in [3.8, 4) is 0 Å². The van der Waals surface area contributed by atoms with Gasteiger partial charge in [0.1, 0.15) is 16.9 Å². The van der Waals surface area contributed by atoms with Crippen molar-refractivity contribution in [1.29, 1.82) is 0 Å². The first-order valence-electron chi connectivity index (χ1n) is 18.8. The molecular formula is C42H44N10O3. The highest BCUT2D eigenvalue weighted by Gasteiger charge is 2.23. The van der Waals surface area contributed by atoms with Crippen molar-refractivity contribution in [2.24, 2.45) is 0 Å². The molecule has 0 unspecified atom stereocenters. The van der Waals surface area contributed by atoms with E-state index in [1.54, 1.807) is 29.1 Å². The van der Waals surface area contributed by atoms with Crippen LogP contribution in [0.5, 0.6) is 0 Å². The third-order valence-corrected chi connectivity index (χ3v) is 10.3. The van der Waals surface area contributed by atoms with Crippen LogP contribution in [0.3, 0.4) is 0 Å². The third-order valence-electron chi connectivity index (χ3n) is 10.3. The van der Waals surface area contributed by atoms with Gasteiger partial charge in [0.25, 0.3) is 5.91 Å². The molecule has 6 aromatic heterocycles. The van der Waals surface area contributed by atoms with Gasteiger partial charge in [-0.15, -0.1) is 0 Å². The van der Waals surface area contributed by atoms with Crippen molar-refractivity contribution in [1.82, 2.24) is 48.8 Å². The highest BCUT2D eigenvalue weighted by Crippen LogP contribution is 2.26. The minimum atomic E-state index is -0.990. The summed E-state index contributed by atoms with van der Waals surface area (Å²) in [6.07, 6.45) is 9.22. The lowest BCUT2D eigenvalue weighted by Crippen LogP contribution is -2.34. The quantitative estimate of drug-likeness (QED) is 0.220. The van der Waals surface area contributed by atoms with Crippen LogP contribution in [0.1, 0.15) is 33.6 Å². The second-order valence-corrected chi connectivity index (χ2v) is 14.2. The van der Waals surface area contributed by atoms with Crippen molar-refractivity contribution in [3.63, 3.8) is 0 Å². The second-order valence-electron chi connectivity index (χ2n) is 14.2. The normalized spacial score (nSPS) is 15.8. The summed E-state index contributed by atoms with van der Waals surface area (Å²) in [6.45, 7) is 8.28. The fraction of sp³-hybridized carbons (Fsp3) is 0.286. The summed E-state index contributed by atoms with van der Waals surface area (Å²) in [5.74, 6) is -0.937. The van der Waals surface area contributed by atoms with E-state index in [1.165, 1.54) is 26.1 Å². The van der Waals surface area contributed by atoms with Crippen LogP contribution < -0.4 is 5.32 Å². The molecule has 2 saturated heterocycles. The van der Waals surface area contributed by atoms with Gasteiger partial charge in [-0.05, 0) is 83.0 Å². The monoisotopic (exact) mass is 736 g/mol. The molecule has 2 aromatic carbocycles. The van der Waals surface area contributed by atoms with E-state index in [1.807, 2.05) is 76.2 Å². The van der Waals surface area contributed by atoms with E-state index in [9.17, 15) is 14.7 Å². The first-order valence-corrected chi connectivity index (χ1v) is 18.8. The van der Waals surface area contributed by atoms with E-state index < -0.39 is 5.97 Å². The average molecular weight is 737 g/mol. The lowest BCUT2D eigenvalue weighted by Gasteiger charge is -2.21. The number of hydrogen-bond acceptors (Lipinski definition) is 9. The molecule has 2 aliphatic rings. The molecule has 8 heterocycles. The molecule has 13 heteroatoms. The number of aromatic carboxylic acids is 1. The maximum Gasteiger partial charge on any atom is 0.339 e. The molecule has 0 bridgehead atoms. The number of likely N-dealkylation sites (N-methyl/N-ethyl adjacent to an activating group) is 2. The molecule has 2 fully saturated rings. The predicted octanol–water partition coefficient (Wildman–Crippen LogP) is 5.46. The summed E-state index contributed by atoms with van der Waals surface area (Å²) < 4.78 is 3.64. The number of benzene rings is 2. The van der Waals surface area contributed by atoms with Crippen LogP contribution in [0.2, 0.25) is 0 Å². The van der Waals surface area contributed by atoms with Crippen LogP contribution in [0.4, 0.5) is 0 Å². The summed E-state index contributed by atoms with van der Waals surface area (Å²) in [6, 6.07) is 23.4. The Labute approximate surface area is 317 Å². The molecule has 0 saturated carbocycles. The van der Waals surface area contributed by atoms with Crippen molar-refractivity contribution >= 4 is 67.0 Å². The number of pyridine rings is 4. The maximum atomic E-state index is 13.3. The SMILES string of the molecule is CN1CCCN(C(=O)c2cc3cc4ccccc4nc3n3ccnc23)CC1.CN1CCCNCC1.O=C(O)c1cc2cc3ccccc3nc2n2ccnc12. The number of carboxylic acid groups (broad SMARTS) is 1. The van der Waals surface area contributed by atoms with Gasteiger partial charge in [-0.1, -0.05) is 36.4 Å². The minimum absolute atomic E-state index is 0.0524. The maximum absolute atomic E-state index is 13.3. The fourth-order valence-corrected chi connectivity index (χ4v) is 7.35. The third kappa shape index (κ3) is 7.54. The number of para-hydroxylation sites is 2. The summed E-state index contributed by atoms with van der Waals surface area (Å²) in [7, 11) is 4.28. The highest BCUT2D eigenvalue weighted by atomic mass is 16.4. The largest absolute Gasteiger partial charge is 0.478 e. The van der Waals surface area contributed by atoms with Gasteiger partial charge in [-0.3, -0.25) is 13.6 Å². The summed E-state index contributed by atoms with van der Waals surface area (Å²) >= 11 is 0. The molecule has 2 N–H and O–H groups in total. The molecule has 1 amide bonds. The van der Waals surface area contributed by atoms with Crippen molar-refractivity contribution in [2.45, 2.75) is 12.8 Å².